The molecule has 5 heteroatoms. The molecule has 0 spiro atoms. The van der Waals surface area contributed by atoms with Crippen LogP contribution in [-0.4, -0.2) is 18.2 Å². The summed E-state index contributed by atoms with van der Waals surface area (Å²) in [6, 6.07) is 13.3. The zero-order valence-electron chi connectivity index (χ0n) is 14.8. The number of anilines is 2. The minimum Gasteiger partial charge on any atom is -0.508 e. The molecule has 4 rings (SSSR count). The van der Waals surface area contributed by atoms with Crippen LogP contribution >= 0.6 is 0 Å². The SMILES string of the molecule is Cc1c(O)ccc2c(CNc3ccc(N4CCCC4)cc3)cc(=O)oc12. The maximum Gasteiger partial charge on any atom is 0.336 e. The van der Waals surface area contributed by atoms with Gasteiger partial charge in [0.2, 0.25) is 0 Å². The van der Waals surface area contributed by atoms with E-state index < -0.39 is 5.63 Å². The van der Waals surface area contributed by atoms with E-state index in [9.17, 15) is 9.90 Å². The van der Waals surface area contributed by atoms with Gasteiger partial charge in [0.25, 0.3) is 0 Å². The fraction of sp³-hybridized carbons (Fsp3) is 0.286. The predicted molar refractivity (Wildman–Crippen MR) is 104 cm³/mol. The molecular weight excluding hydrogens is 328 g/mol. The molecule has 0 unspecified atom stereocenters. The largest absolute Gasteiger partial charge is 0.508 e. The third-order valence-corrected chi connectivity index (χ3v) is 5.04. The number of aryl methyl sites for hydroxylation is 1. The average Bonchev–Trinajstić information content (AvgIpc) is 3.18. The Hall–Kier alpha value is -2.95. The molecule has 1 aliphatic heterocycles. The smallest absolute Gasteiger partial charge is 0.336 e. The summed E-state index contributed by atoms with van der Waals surface area (Å²) in [5.74, 6) is 0.128. The first-order valence-corrected chi connectivity index (χ1v) is 8.96. The average molecular weight is 350 g/mol. The molecule has 2 N–H and O–H groups in total. The van der Waals surface area contributed by atoms with Crippen LogP contribution < -0.4 is 15.8 Å². The van der Waals surface area contributed by atoms with Crippen LogP contribution in [0.1, 0.15) is 24.0 Å². The highest BCUT2D eigenvalue weighted by atomic mass is 16.4. The number of aromatic hydroxyl groups is 1. The lowest BCUT2D eigenvalue weighted by Crippen LogP contribution is -2.17. The molecule has 0 atom stereocenters. The number of fused-ring (bicyclic) bond motifs is 1. The van der Waals surface area contributed by atoms with Crippen LogP contribution in [0.15, 0.2) is 51.7 Å². The lowest BCUT2D eigenvalue weighted by atomic mass is 10.1. The molecule has 3 aromatic rings. The Bertz CT molecular complexity index is 987. The summed E-state index contributed by atoms with van der Waals surface area (Å²) in [4.78, 5) is 14.3. The Kier molecular flexibility index (Phi) is 4.29. The van der Waals surface area contributed by atoms with Crippen molar-refractivity contribution in [2.75, 3.05) is 23.3 Å². The number of nitrogens with zero attached hydrogens (tertiary/aromatic N) is 1. The van der Waals surface area contributed by atoms with Crippen molar-refractivity contribution < 1.29 is 9.52 Å². The summed E-state index contributed by atoms with van der Waals surface area (Å²) in [5, 5.41) is 14.0. The highest BCUT2D eigenvalue weighted by Gasteiger charge is 2.13. The normalized spacial score (nSPS) is 14.1. The first-order valence-electron chi connectivity index (χ1n) is 8.96. The van der Waals surface area contributed by atoms with Gasteiger partial charge in [0, 0.05) is 48.0 Å². The molecule has 0 bridgehead atoms. The molecule has 2 aromatic carbocycles. The van der Waals surface area contributed by atoms with Gasteiger partial charge in [-0.1, -0.05) is 0 Å². The Balaban J connectivity index is 1.56. The Morgan fingerprint density at radius 1 is 1.12 bits per heavy atom. The standard InChI is InChI=1S/C21H22N2O3/c1-14-19(24)9-8-18-15(12-20(25)26-21(14)18)13-22-16-4-6-17(7-5-16)23-10-2-3-11-23/h4-9,12,22,24H,2-3,10-11,13H2,1H3. The number of benzene rings is 2. The second kappa shape index (κ2) is 6.75. The van der Waals surface area contributed by atoms with Gasteiger partial charge in [-0.2, -0.15) is 0 Å². The molecule has 0 radical (unpaired) electrons. The summed E-state index contributed by atoms with van der Waals surface area (Å²) in [6.07, 6.45) is 2.53. The van der Waals surface area contributed by atoms with Gasteiger partial charge in [-0.05, 0) is 61.7 Å². The van der Waals surface area contributed by atoms with Crippen molar-refractivity contribution in [2.45, 2.75) is 26.3 Å². The minimum atomic E-state index is -0.410. The van der Waals surface area contributed by atoms with Crippen molar-refractivity contribution in [3.63, 3.8) is 0 Å². The summed E-state index contributed by atoms with van der Waals surface area (Å²) in [7, 11) is 0. The number of rotatable bonds is 4. The fourth-order valence-corrected chi connectivity index (χ4v) is 3.52. The Labute approximate surface area is 151 Å². The highest BCUT2D eigenvalue weighted by Crippen LogP contribution is 2.28. The van der Waals surface area contributed by atoms with Crippen LogP contribution in [0.4, 0.5) is 11.4 Å². The fourth-order valence-electron chi connectivity index (χ4n) is 3.52. The van der Waals surface area contributed by atoms with Crippen molar-refractivity contribution in [1.82, 2.24) is 0 Å². The van der Waals surface area contributed by atoms with Gasteiger partial charge in [0.15, 0.2) is 0 Å². The summed E-state index contributed by atoms with van der Waals surface area (Å²) in [5.41, 5.74) is 3.72. The molecule has 5 nitrogen and oxygen atoms in total. The molecule has 2 heterocycles. The maximum atomic E-state index is 11.9. The van der Waals surface area contributed by atoms with Crippen molar-refractivity contribution >= 4 is 22.3 Å². The molecule has 1 saturated heterocycles. The van der Waals surface area contributed by atoms with Crippen molar-refractivity contribution in [3.05, 3.63) is 64.0 Å². The summed E-state index contributed by atoms with van der Waals surface area (Å²) < 4.78 is 5.29. The quantitative estimate of drug-likeness (QED) is 0.696. The molecule has 26 heavy (non-hydrogen) atoms. The predicted octanol–water partition coefficient (Wildman–Crippen LogP) is 4.02. The van der Waals surface area contributed by atoms with Gasteiger partial charge < -0.3 is 19.7 Å². The van der Waals surface area contributed by atoms with Crippen LogP contribution in [-0.2, 0) is 6.54 Å². The molecule has 1 aliphatic rings. The number of phenols is 1. The second-order valence-electron chi connectivity index (χ2n) is 6.77. The van der Waals surface area contributed by atoms with Crippen LogP contribution in [0.3, 0.4) is 0 Å². The first-order chi connectivity index (χ1) is 12.6. The van der Waals surface area contributed by atoms with E-state index >= 15 is 0 Å². The summed E-state index contributed by atoms with van der Waals surface area (Å²) >= 11 is 0. The van der Waals surface area contributed by atoms with Gasteiger partial charge >= 0.3 is 5.63 Å². The number of hydrogen-bond donors (Lipinski definition) is 2. The zero-order valence-corrected chi connectivity index (χ0v) is 14.8. The van der Waals surface area contributed by atoms with E-state index in [1.807, 2.05) is 0 Å². The maximum absolute atomic E-state index is 11.9. The highest BCUT2D eigenvalue weighted by molar-refractivity contribution is 5.85. The van der Waals surface area contributed by atoms with E-state index in [0.717, 1.165) is 29.7 Å². The van der Waals surface area contributed by atoms with Gasteiger partial charge in [-0.25, -0.2) is 4.79 Å². The van der Waals surface area contributed by atoms with E-state index in [1.165, 1.54) is 24.6 Å². The molecule has 0 aliphatic carbocycles. The Morgan fingerprint density at radius 3 is 2.58 bits per heavy atom. The number of phenolic OH excluding ortho intramolecular Hbond substituents is 1. The van der Waals surface area contributed by atoms with Gasteiger partial charge in [-0.15, -0.1) is 0 Å². The molecule has 1 aromatic heterocycles. The van der Waals surface area contributed by atoms with Crippen LogP contribution in [0.2, 0.25) is 0 Å². The first kappa shape index (κ1) is 16.5. The molecule has 0 amide bonds. The van der Waals surface area contributed by atoms with Crippen LogP contribution in [0.25, 0.3) is 11.0 Å². The number of hydrogen-bond acceptors (Lipinski definition) is 5. The van der Waals surface area contributed by atoms with Gasteiger partial charge in [-0.3, -0.25) is 0 Å². The molecule has 134 valence electrons. The van der Waals surface area contributed by atoms with Crippen molar-refractivity contribution in [1.29, 1.82) is 0 Å². The molecular formula is C21H22N2O3. The van der Waals surface area contributed by atoms with E-state index in [-0.39, 0.29) is 5.75 Å². The lowest BCUT2D eigenvalue weighted by Gasteiger charge is -2.18. The van der Waals surface area contributed by atoms with E-state index in [0.29, 0.717) is 17.7 Å². The summed E-state index contributed by atoms with van der Waals surface area (Å²) in [6.45, 7) is 4.51. The van der Waals surface area contributed by atoms with Gasteiger partial charge in [0.05, 0.1) is 0 Å². The van der Waals surface area contributed by atoms with Crippen LogP contribution in [0, 0.1) is 6.92 Å². The monoisotopic (exact) mass is 350 g/mol. The third-order valence-electron chi connectivity index (χ3n) is 5.04. The molecule has 0 saturated carbocycles. The second-order valence-corrected chi connectivity index (χ2v) is 6.77. The number of nitrogens with one attached hydrogen (secondary N) is 1. The lowest BCUT2D eigenvalue weighted by molar-refractivity contribution is 0.468. The van der Waals surface area contributed by atoms with Crippen molar-refractivity contribution in [2.24, 2.45) is 0 Å². The van der Waals surface area contributed by atoms with E-state index in [1.54, 1.807) is 19.1 Å². The van der Waals surface area contributed by atoms with Gasteiger partial charge in [0.1, 0.15) is 11.3 Å². The Morgan fingerprint density at radius 2 is 1.85 bits per heavy atom. The van der Waals surface area contributed by atoms with Crippen molar-refractivity contribution in [3.8, 4) is 5.75 Å². The van der Waals surface area contributed by atoms with Crippen LogP contribution in [0.5, 0.6) is 5.75 Å². The van der Waals surface area contributed by atoms with E-state index in [2.05, 4.69) is 34.5 Å². The molecule has 1 fully saturated rings. The van der Waals surface area contributed by atoms with E-state index in [4.69, 9.17) is 4.42 Å². The minimum absolute atomic E-state index is 0.128. The zero-order chi connectivity index (χ0) is 18.1. The topological polar surface area (TPSA) is 65.7 Å². The third kappa shape index (κ3) is 3.12.